The molecule has 1 aromatic carbocycles. The molecule has 15 heavy (non-hydrogen) atoms. The first kappa shape index (κ1) is 11.3. The molecule has 0 aromatic heterocycles. The van der Waals surface area contributed by atoms with Gasteiger partial charge < -0.3 is 10.4 Å². The Bertz CT molecular complexity index is 354. The highest BCUT2D eigenvalue weighted by Crippen LogP contribution is 2.02. The first-order valence-corrected chi connectivity index (χ1v) is 4.67. The third kappa shape index (κ3) is 3.84. The third-order valence-corrected chi connectivity index (χ3v) is 1.94. The Morgan fingerprint density at radius 3 is 2.73 bits per heavy atom. The number of hydrogen-bond donors (Lipinski definition) is 2. The van der Waals surface area contributed by atoms with Gasteiger partial charge in [0.2, 0.25) is 5.91 Å². The van der Waals surface area contributed by atoms with E-state index in [1.165, 1.54) is 0 Å². The number of aliphatic hydroxyl groups excluding tert-OH is 1. The fraction of sp³-hybridized carbons (Fsp3) is 0.250. The zero-order chi connectivity index (χ0) is 11.1. The van der Waals surface area contributed by atoms with Crippen LogP contribution in [0.25, 0.3) is 0 Å². The van der Waals surface area contributed by atoms with Gasteiger partial charge in [-0.2, -0.15) is 0 Å². The quantitative estimate of drug-likeness (QED) is 0.693. The predicted molar refractivity (Wildman–Crippen MR) is 58.0 cm³/mol. The molecule has 1 atom stereocenters. The molecular formula is C12H13NO2. The molecule has 1 aromatic rings. The van der Waals surface area contributed by atoms with E-state index in [1.807, 2.05) is 30.3 Å². The van der Waals surface area contributed by atoms with Crippen LogP contribution in [0, 0.1) is 12.3 Å². The molecule has 3 nitrogen and oxygen atoms in total. The lowest BCUT2D eigenvalue weighted by Gasteiger charge is -2.09. The summed E-state index contributed by atoms with van der Waals surface area (Å²) in [5.74, 6) is 1.84. The normalized spacial score (nSPS) is 11.5. The summed E-state index contributed by atoms with van der Waals surface area (Å²) >= 11 is 0. The maximum Gasteiger partial charge on any atom is 0.249 e. The third-order valence-electron chi connectivity index (χ3n) is 1.94. The second kappa shape index (κ2) is 5.84. The van der Waals surface area contributed by atoms with E-state index in [9.17, 15) is 9.90 Å². The molecule has 0 saturated heterocycles. The average Bonchev–Trinajstić information content (AvgIpc) is 2.27. The lowest BCUT2D eigenvalue weighted by molar-refractivity contribution is -0.128. The Labute approximate surface area is 89.1 Å². The summed E-state index contributed by atoms with van der Waals surface area (Å²) in [6, 6.07) is 9.33. The molecule has 0 heterocycles. The standard InChI is InChI=1S/C12H13NO2/c1-2-8-13-12(15)11(14)9-10-6-4-3-5-7-10/h1,3-7,11,14H,8-9H2,(H,13,15)/t11-/m0/s1. The first-order valence-electron chi connectivity index (χ1n) is 4.67. The molecule has 0 aliphatic carbocycles. The second-order valence-electron chi connectivity index (χ2n) is 3.13. The minimum atomic E-state index is -1.04. The molecule has 0 aliphatic heterocycles. The molecule has 78 valence electrons. The van der Waals surface area contributed by atoms with E-state index in [0.29, 0.717) is 6.42 Å². The van der Waals surface area contributed by atoms with E-state index >= 15 is 0 Å². The van der Waals surface area contributed by atoms with Crippen LogP contribution in [0.2, 0.25) is 0 Å². The summed E-state index contributed by atoms with van der Waals surface area (Å²) in [5, 5.41) is 11.9. The summed E-state index contributed by atoms with van der Waals surface area (Å²) in [6.45, 7) is 0.144. The zero-order valence-electron chi connectivity index (χ0n) is 8.31. The van der Waals surface area contributed by atoms with Crippen LogP contribution in [0.5, 0.6) is 0 Å². The van der Waals surface area contributed by atoms with E-state index in [2.05, 4.69) is 11.2 Å². The highest BCUT2D eigenvalue weighted by molar-refractivity contribution is 5.80. The molecule has 0 radical (unpaired) electrons. The summed E-state index contributed by atoms with van der Waals surface area (Å²) in [7, 11) is 0. The van der Waals surface area contributed by atoms with Gasteiger partial charge in [0.05, 0.1) is 6.54 Å². The summed E-state index contributed by atoms with van der Waals surface area (Å²) in [5.41, 5.74) is 0.917. The van der Waals surface area contributed by atoms with Crippen molar-refractivity contribution >= 4 is 5.91 Å². The number of carbonyl (C=O) groups is 1. The number of carbonyl (C=O) groups excluding carboxylic acids is 1. The van der Waals surface area contributed by atoms with E-state index in [4.69, 9.17) is 6.42 Å². The molecule has 0 saturated carbocycles. The van der Waals surface area contributed by atoms with Crippen LogP contribution in [0.15, 0.2) is 30.3 Å². The van der Waals surface area contributed by atoms with Crippen LogP contribution < -0.4 is 5.32 Å². The number of rotatable bonds is 4. The monoisotopic (exact) mass is 203 g/mol. The number of benzene rings is 1. The molecular weight excluding hydrogens is 190 g/mol. The molecule has 3 heteroatoms. The van der Waals surface area contributed by atoms with Crippen molar-refractivity contribution in [2.45, 2.75) is 12.5 Å². The molecule has 0 aliphatic rings. The molecule has 0 spiro atoms. The maximum absolute atomic E-state index is 11.2. The molecule has 1 rings (SSSR count). The number of aliphatic hydroxyl groups is 1. The molecule has 0 unspecified atom stereocenters. The predicted octanol–water partition coefficient (Wildman–Crippen LogP) is 0.339. The van der Waals surface area contributed by atoms with Crippen molar-refractivity contribution in [1.82, 2.24) is 5.32 Å². The number of amides is 1. The number of nitrogens with one attached hydrogen (secondary N) is 1. The van der Waals surface area contributed by atoms with Crippen molar-refractivity contribution in [2.24, 2.45) is 0 Å². The van der Waals surface area contributed by atoms with Crippen molar-refractivity contribution in [1.29, 1.82) is 0 Å². The maximum atomic E-state index is 11.2. The minimum absolute atomic E-state index is 0.144. The topological polar surface area (TPSA) is 49.3 Å². The highest BCUT2D eigenvalue weighted by Gasteiger charge is 2.14. The van der Waals surface area contributed by atoms with Gasteiger partial charge in [-0.3, -0.25) is 4.79 Å². The number of hydrogen-bond acceptors (Lipinski definition) is 2. The number of terminal acetylenes is 1. The Balaban J connectivity index is 2.46. The van der Waals surface area contributed by atoms with Gasteiger partial charge in [-0.05, 0) is 5.56 Å². The fourth-order valence-corrected chi connectivity index (χ4v) is 1.19. The molecule has 0 bridgehead atoms. The first-order chi connectivity index (χ1) is 7.24. The van der Waals surface area contributed by atoms with Crippen LogP contribution in [-0.4, -0.2) is 23.7 Å². The highest BCUT2D eigenvalue weighted by atomic mass is 16.3. The van der Waals surface area contributed by atoms with Gasteiger partial charge in [0.1, 0.15) is 6.10 Å². The van der Waals surface area contributed by atoms with E-state index in [0.717, 1.165) is 5.56 Å². The SMILES string of the molecule is C#CCNC(=O)[C@@H](O)Cc1ccccc1. The summed E-state index contributed by atoms with van der Waals surface area (Å²) in [4.78, 5) is 11.2. The average molecular weight is 203 g/mol. The van der Waals surface area contributed by atoms with Crippen molar-refractivity contribution in [3.05, 3.63) is 35.9 Å². The Hall–Kier alpha value is -1.79. The van der Waals surface area contributed by atoms with Crippen molar-refractivity contribution in [3.63, 3.8) is 0 Å². The molecule has 2 N–H and O–H groups in total. The van der Waals surface area contributed by atoms with Gasteiger partial charge in [0, 0.05) is 6.42 Å². The van der Waals surface area contributed by atoms with Crippen molar-refractivity contribution in [3.8, 4) is 12.3 Å². The van der Waals surface area contributed by atoms with Crippen molar-refractivity contribution in [2.75, 3.05) is 6.54 Å². The van der Waals surface area contributed by atoms with Gasteiger partial charge in [-0.15, -0.1) is 6.42 Å². The second-order valence-corrected chi connectivity index (χ2v) is 3.13. The lowest BCUT2D eigenvalue weighted by atomic mass is 10.1. The van der Waals surface area contributed by atoms with E-state index < -0.39 is 12.0 Å². The van der Waals surface area contributed by atoms with Crippen LogP contribution in [0.4, 0.5) is 0 Å². The van der Waals surface area contributed by atoms with Gasteiger partial charge in [0.25, 0.3) is 0 Å². The van der Waals surface area contributed by atoms with Gasteiger partial charge in [-0.25, -0.2) is 0 Å². The van der Waals surface area contributed by atoms with E-state index in [1.54, 1.807) is 0 Å². The van der Waals surface area contributed by atoms with Gasteiger partial charge in [-0.1, -0.05) is 36.3 Å². The zero-order valence-corrected chi connectivity index (χ0v) is 8.31. The lowest BCUT2D eigenvalue weighted by Crippen LogP contribution is -2.36. The van der Waals surface area contributed by atoms with E-state index in [-0.39, 0.29) is 6.54 Å². The Kier molecular flexibility index (Phi) is 4.39. The van der Waals surface area contributed by atoms with Crippen LogP contribution in [-0.2, 0) is 11.2 Å². The van der Waals surface area contributed by atoms with Crippen LogP contribution >= 0.6 is 0 Å². The Morgan fingerprint density at radius 1 is 1.47 bits per heavy atom. The van der Waals surface area contributed by atoms with Crippen LogP contribution in [0.1, 0.15) is 5.56 Å². The molecule has 0 fully saturated rings. The fourth-order valence-electron chi connectivity index (χ4n) is 1.19. The van der Waals surface area contributed by atoms with Crippen LogP contribution in [0.3, 0.4) is 0 Å². The smallest absolute Gasteiger partial charge is 0.249 e. The largest absolute Gasteiger partial charge is 0.383 e. The Morgan fingerprint density at radius 2 is 2.13 bits per heavy atom. The van der Waals surface area contributed by atoms with Crippen molar-refractivity contribution < 1.29 is 9.90 Å². The summed E-state index contributed by atoms with van der Waals surface area (Å²) < 4.78 is 0. The van der Waals surface area contributed by atoms with Gasteiger partial charge >= 0.3 is 0 Å². The van der Waals surface area contributed by atoms with Gasteiger partial charge in [0.15, 0.2) is 0 Å². The minimum Gasteiger partial charge on any atom is -0.383 e. The molecule has 1 amide bonds. The summed E-state index contributed by atoms with van der Waals surface area (Å²) in [6.07, 6.45) is 4.25.